The number of rotatable bonds is 5. The first-order valence-corrected chi connectivity index (χ1v) is 12.5. The van der Waals surface area contributed by atoms with Crippen molar-refractivity contribution in [2.45, 2.75) is 0 Å². The van der Waals surface area contributed by atoms with Crippen LogP contribution >= 0.6 is 0 Å². The fourth-order valence-electron chi connectivity index (χ4n) is 4.19. The molecule has 1 fully saturated rings. The van der Waals surface area contributed by atoms with Crippen LogP contribution < -0.4 is 9.64 Å². The Hall–Kier alpha value is -4.02. The summed E-state index contributed by atoms with van der Waals surface area (Å²) in [6, 6.07) is 18.9. The molecular weight excluding hydrogens is 466 g/mol. The fourth-order valence-corrected chi connectivity index (χ4v) is 5.74. The van der Waals surface area contributed by atoms with Gasteiger partial charge in [0.05, 0.1) is 0 Å². The monoisotopic (exact) mass is 489 g/mol. The Morgan fingerprint density at radius 1 is 0.943 bits per heavy atom. The second-order valence-corrected chi connectivity index (χ2v) is 9.95. The number of aromatic nitrogens is 1. The standard InChI is InChI=1S/C25H23N5O4S/c26-23-20(34-21-10-4-6-18-7-5-13-27-24(18)21)11-12-22(25(23)28-31)35(32,33)30-16-14-29(15-17-30)19-8-2-1-3-9-19/h1-13,26,31H,14-17H2/b26-23?,28-25-. The number of hydrogen-bond donors (Lipinski definition) is 2. The third kappa shape index (κ3) is 4.29. The van der Waals surface area contributed by atoms with Crippen molar-refractivity contribution in [2.24, 2.45) is 5.16 Å². The third-order valence-electron chi connectivity index (χ3n) is 6.00. The Balaban J connectivity index is 1.39. The maximum atomic E-state index is 13.4. The van der Waals surface area contributed by atoms with E-state index in [9.17, 15) is 13.6 Å². The van der Waals surface area contributed by atoms with E-state index >= 15 is 0 Å². The van der Waals surface area contributed by atoms with E-state index in [1.165, 1.54) is 16.5 Å². The minimum absolute atomic E-state index is 0.0591. The Bertz CT molecular complexity index is 1470. The zero-order chi connectivity index (χ0) is 24.4. The van der Waals surface area contributed by atoms with Crippen LogP contribution in [0.4, 0.5) is 5.69 Å². The molecule has 2 N–H and O–H groups in total. The van der Waals surface area contributed by atoms with Crippen molar-refractivity contribution in [1.82, 2.24) is 9.29 Å². The van der Waals surface area contributed by atoms with Crippen molar-refractivity contribution in [3.8, 4) is 5.75 Å². The molecule has 5 rings (SSSR count). The highest BCUT2D eigenvalue weighted by atomic mass is 32.2. The van der Waals surface area contributed by atoms with Gasteiger partial charge >= 0.3 is 0 Å². The van der Waals surface area contributed by atoms with Gasteiger partial charge in [-0.1, -0.05) is 41.6 Å². The van der Waals surface area contributed by atoms with Gasteiger partial charge in [-0.3, -0.25) is 10.4 Å². The molecule has 0 radical (unpaired) electrons. The predicted molar refractivity (Wildman–Crippen MR) is 135 cm³/mol. The van der Waals surface area contributed by atoms with Crippen molar-refractivity contribution in [3.63, 3.8) is 0 Å². The number of anilines is 1. The number of ether oxygens (including phenoxy) is 1. The second-order valence-electron chi connectivity index (χ2n) is 8.05. The smallest absolute Gasteiger partial charge is 0.245 e. The first kappa shape index (κ1) is 22.8. The molecule has 9 nitrogen and oxygen atoms in total. The van der Waals surface area contributed by atoms with E-state index in [1.54, 1.807) is 18.3 Å². The molecule has 1 aliphatic carbocycles. The molecule has 1 aromatic heterocycles. The number of pyridine rings is 1. The molecule has 0 unspecified atom stereocenters. The number of benzene rings is 2. The highest BCUT2D eigenvalue weighted by Gasteiger charge is 2.37. The van der Waals surface area contributed by atoms with Gasteiger partial charge in [0.15, 0.2) is 17.2 Å². The maximum absolute atomic E-state index is 13.4. The van der Waals surface area contributed by atoms with Gasteiger partial charge in [0, 0.05) is 43.4 Å². The van der Waals surface area contributed by atoms with Crippen molar-refractivity contribution in [3.05, 3.63) is 89.7 Å². The summed E-state index contributed by atoms with van der Waals surface area (Å²) in [7, 11) is -3.99. The normalized spacial score (nSPS) is 18.5. The molecule has 0 atom stereocenters. The molecule has 0 bridgehead atoms. The molecular formula is C25H23N5O4S. The average Bonchev–Trinajstić information content (AvgIpc) is 2.90. The SMILES string of the molecule is N=C1C(Oc2cccc3cccnc23)=CC=C(S(=O)(=O)N2CCN(c3ccccc3)CC2)/C1=N/O. The van der Waals surface area contributed by atoms with Crippen LogP contribution in [0.25, 0.3) is 10.9 Å². The summed E-state index contributed by atoms with van der Waals surface area (Å²) in [6.07, 6.45) is 4.37. The molecule has 2 aromatic carbocycles. The largest absolute Gasteiger partial charge is 0.453 e. The van der Waals surface area contributed by atoms with Crippen LogP contribution in [0.15, 0.2) is 94.8 Å². The number of nitrogens with zero attached hydrogens (tertiary/aromatic N) is 4. The number of para-hydroxylation sites is 2. The number of sulfonamides is 1. The summed E-state index contributed by atoms with van der Waals surface area (Å²) >= 11 is 0. The van der Waals surface area contributed by atoms with Crippen molar-refractivity contribution in [2.75, 3.05) is 31.1 Å². The highest BCUT2D eigenvalue weighted by Crippen LogP contribution is 2.29. The van der Waals surface area contributed by atoms with Crippen LogP contribution in [0.2, 0.25) is 0 Å². The van der Waals surface area contributed by atoms with Crippen LogP contribution in [0.1, 0.15) is 0 Å². The number of hydrogen-bond acceptors (Lipinski definition) is 8. The van der Waals surface area contributed by atoms with Crippen LogP contribution in [0.5, 0.6) is 5.75 Å². The third-order valence-corrected chi connectivity index (χ3v) is 7.93. The Morgan fingerprint density at radius 3 is 2.43 bits per heavy atom. The van der Waals surface area contributed by atoms with Crippen LogP contribution in [0.3, 0.4) is 0 Å². The predicted octanol–water partition coefficient (Wildman–Crippen LogP) is 3.40. The molecule has 0 amide bonds. The molecule has 35 heavy (non-hydrogen) atoms. The zero-order valence-electron chi connectivity index (χ0n) is 18.7. The molecule has 0 saturated carbocycles. The highest BCUT2D eigenvalue weighted by molar-refractivity contribution is 7.94. The second kappa shape index (κ2) is 9.32. The van der Waals surface area contributed by atoms with Crippen LogP contribution in [0, 0.1) is 5.41 Å². The van der Waals surface area contributed by atoms with E-state index in [1.807, 2.05) is 48.5 Å². The van der Waals surface area contributed by atoms with E-state index in [0.29, 0.717) is 24.4 Å². The van der Waals surface area contributed by atoms with Gasteiger partial charge in [-0.05, 0) is 36.4 Å². The lowest BCUT2D eigenvalue weighted by Crippen LogP contribution is -2.50. The van der Waals surface area contributed by atoms with E-state index in [2.05, 4.69) is 15.0 Å². The van der Waals surface area contributed by atoms with E-state index < -0.39 is 10.0 Å². The van der Waals surface area contributed by atoms with Gasteiger partial charge in [0.2, 0.25) is 10.0 Å². The summed E-state index contributed by atoms with van der Waals surface area (Å²) in [5, 5.41) is 22.2. The van der Waals surface area contributed by atoms with Crippen LogP contribution in [-0.2, 0) is 10.0 Å². The average molecular weight is 490 g/mol. The minimum atomic E-state index is -3.99. The van der Waals surface area contributed by atoms with Gasteiger partial charge in [-0.25, -0.2) is 8.42 Å². The topological polar surface area (TPSA) is 119 Å². The number of fused-ring (bicyclic) bond motifs is 1. The number of oxime groups is 1. The van der Waals surface area contributed by atoms with Crippen molar-refractivity contribution in [1.29, 1.82) is 5.41 Å². The van der Waals surface area contributed by atoms with Gasteiger partial charge in [-0.15, -0.1) is 0 Å². The van der Waals surface area contributed by atoms with Gasteiger partial charge < -0.3 is 14.8 Å². The van der Waals surface area contributed by atoms with Crippen molar-refractivity contribution < 1.29 is 18.4 Å². The minimum Gasteiger partial charge on any atom is -0.453 e. The molecule has 0 spiro atoms. The summed E-state index contributed by atoms with van der Waals surface area (Å²) in [6.45, 7) is 1.60. The summed E-state index contributed by atoms with van der Waals surface area (Å²) in [4.78, 5) is 6.21. The molecule has 178 valence electrons. The zero-order valence-corrected chi connectivity index (χ0v) is 19.5. The lowest BCUT2D eigenvalue weighted by molar-refractivity contribution is 0.320. The number of allylic oxidation sites excluding steroid dienone is 4. The quantitative estimate of drug-likeness (QED) is 0.322. The molecule has 2 heterocycles. The molecule has 3 aromatic rings. The Morgan fingerprint density at radius 2 is 1.69 bits per heavy atom. The van der Waals surface area contributed by atoms with E-state index in [4.69, 9.17) is 10.1 Å². The number of nitrogens with one attached hydrogen (secondary N) is 1. The van der Waals surface area contributed by atoms with E-state index in [0.717, 1.165) is 11.1 Å². The molecule has 1 saturated heterocycles. The molecule has 2 aliphatic rings. The first-order chi connectivity index (χ1) is 17.0. The summed E-state index contributed by atoms with van der Waals surface area (Å²) < 4.78 is 34.1. The molecule has 1 aliphatic heterocycles. The van der Waals surface area contributed by atoms with Crippen molar-refractivity contribution >= 4 is 38.0 Å². The molecule has 10 heteroatoms. The first-order valence-electron chi connectivity index (χ1n) is 11.0. The van der Waals surface area contributed by atoms with E-state index in [-0.39, 0.29) is 35.2 Å². The number of piperazine rings is 1. The van der Waals surface area contributed by atoms with Gasteiger partial charge in [-0.2, -0.15) is 4.31 Å². The lowest BCUT2D eigenvalue weighted by Gasteiger charge is -2.36. The van der Waals surface area contributed by atoms with Crippen LogP contribution in [-0.4, -0.2) is 60.5 Å². The maximum Gasteiger partial charge on any atom is 0.245 e. The van der Waals surface area contributed by atoms with Gasteiger partial charge in [0.1, 0.15) is 16.1 Å². The Labute approximate surface area is 202 Å². The summed E-state index contributed by atoms with van der Waals surface area (Å²) in [5.74, 6) is 0.469. The van der Waals surface area contributed by atoms with Gasteiger partial charge in [0.25, 0.3) is 0 Å². The Kier molecular flexibility index (Phi) is 6.06. The fraction of sp³-hybridized carbons (Fsp3) is 0.160. The lowest BCUT2D eigenvalue weighted by atomic mass is 10.1. The summed E-state index contributed by atoms with van der Waals surface area (Å²) in [5.41, 5.74) is 0.948.